The van der Waals surface area contributed by atoms with E-state index in [0.29, 0.717) is 12.8 Å². The van der Waals surface area contributed by atoms with Crippen LogP contribution in [0.5, 0.6) is 0 Å². The molecule has 1 aromatic carbocycles. The standard InChI is InChI=1S/C24H35NO7/c1-17(2)21(27)29-12-13-30-22(28)31-16-20(18-10-8-7-9-11-18)32-25-23(3,4)14-19(26)15-24(25,5)6/h7-11,19-20,26H,1,12-16H2,2-6H3. The highest BCUT2D eigenvalue weighted by Crippen LogP contribution is 2.40. The van der Waals surface area contributed by atoms with Crippen LogP contribution in [0.15, 0.2) is 42.5 Å². The minimum atomic E-state index is -0.881. The van der Waals surface area contributed by atoms with E-state index in [9.17, 15) is 14.7 Å². The molecule has 8 nitrogen and oxygen atoms in total. The molecule has 1 atom stereocenters. The minimum absolute atomic E-state index is 0.0698. The zero-order valence-corrected chi connectivity index (χ0v) is 19.6. The van der Waals surface area contributed by atoms with Crippen LogP contribution in [0, 0.1) is 0 Å². The highest BCUT2D eigenvalue weighted by Gasteiger charge is 2.47. The molecule has 1 aliphatic rings. The molecule has 178 valence electrons. The molecule has 8 heteroatoms. The number of esters is 1. The Morgan fingerprint density at radius 1 is 1.06 bits per heavy atom. The van der Waals surface area contributed by atoms with Gasteiger partial charge in [0.1, 0.15) is 25.9 Å². The summed E-state index contributed by atoms with van der Waals surface area (Å²) in [4.78, 5) is 29.8. The van der Waals surface area contributed by atoms with Crippen molar-refractivity contribution < 1.29 is 33.7 Å². The summed E-state index contributed by atoms with van der Waals surface area (Å²) in [6.07, 6.45) is -0.750. The number of aliphatic hydroxyl groups excluding tert-OH is 1. The van der Waals surface area contributed by atoms with E-state index in [1.165, 1.54) is 6.92 Å². The molecule has 2 rings (SSSR count). The highest BCUT2D eigenvalue weighted by atomic mass is 16.7. The average Bonchev–Trinajstić information content (AvgIpc) is 2.69. The second kappa shape index (κ2) is 10.9. The number of hydrogen-bond acceptors (Lipinski definition) is 8. The third-order valence-corrected chi connectivity index (χ3v) is 5.21. The quantitative estimate of drug-likeness (QED) is 0.344. The first-order valence-corrected chi connectivity index (χ1v) is 10.7. The van der Waals surface area contributed by atoms with Crippen LogP contribution in [-0.2, 0) is 23.8 Å². The third kappa shape index (κ3) is 7.32. The minimum Gasteiger partial charge on any atom is -0.459 e. The zero-order chi connectivity index (χ0) is 23.9. The molecule has 1 aromatic rings. The van der Waals surface area contributed by atoms with Crippen molar-refractivity contribution in [2.75, 3.05) is 19.8 Å². The highest BCUT2D eigenvalue weighted by molar-refractivity contribution is 5.86. The van der Waals surface area contributed by atoms with Gasteiger partial charge in [-0.15, -0.1) is 0 Å². The van der Waals surface area contributed by atoms with Gasteiger partial charge in [0.25, 0.3) is 0 Å². The molecule has 0 spiro atoms. The second-order valence-corrected chi connectivity index (χ2v) is 9.31. The van der Waals surface area contributed by atoms with Gasteiger partial charge in [0.05, 0.1) is 6.10 Å². The fraction of sp³-hybridized carbons (Fsp3) is 0.583. The molecule has 1 fully saturated rings. The monoisotopic (exact) mass is 449 g/mol. The average molecular weight is 450 g/mol. The summed E-state index contributed by atoms with van der Waals surface area (Å²) in [7, 11) is 0. The maximum absolute atomic E-state index is 12.0. The molecule has 1 unspecified atom stereocenters. The van der Waals surface area contributed by atoms with Crippen LogP contribution in [-0.4, -0.2) is 59.3 Å². The Morgan fingerprint density at radius 2 is 1.62 bits per heavy atom. The lowest BCUT2D eigenvalue weighted by atomic mass is 9.80. The van der Waals surface area contributed by atoms with E-state index in [2.05, 4.69) is 6.58 Å². The molecule has 0 bridgehead atoms. The van der Waals surface area contributed by atoms with E-state index in [-0.39, 0.29) is 25.4 Å². The van der Waals surface area contributed by atoms with E-state index < -0.39 is 35.4 Å². The number of hydroxylamine groups is 2. The number of carbonyl (C=O) groups excluding carboxylic acids is 2. The van der Waals surface area contributed by atoms with E-state index in [4.69, 9.17) is 19.0 Å². The van der Waals surface area contributed by atoms with Crippen LogP contribution in [0.25, 0.3) is 0 Å². The number of ether oxygens (including phenoxy) is 3. The molecule has 0 aliphatic carbocycles. The number of nitrogens with zero attached hydrogens (tertiary/aromatic N) is 1. The summed E-state index contributed by atoms with van der Waals surface area (Å²) in [5.41, 5.74) is 0.254. The first-order chi connectivity index (χ1) is 14.9. The number of carbonyl (C=O) groups is 2. The van der Waals surface area contributed by atoms with Crippen LogP contribution in [0.3, 0.4) is 0 Å². The molecule has 0 aromatic heterocycles. The van der Waals surface area contributed by atoms with E-state index in [1.807, 2.05) is 63.1 Å². The lowest BCUT2D eigenvalue weighted by Gasteiger charge is -2.53. The SMILES string of the molecule is C=C(C)C(=O)OCCOC(=O)OCC(ON1C(C)(C)CC(O)CC1(C)C)c1ccccc1. The molecule has 0 saturated carbocycles. The summed E-state index contributed by atoms with van der Waals surface area (Å²) in [6.45, 7) is 12.8. The topological polar surface area (TPSA) is 94.5 Å². The molecule has 32 heavy (non-hydrogen) atoms. The van der Waals surface area contributed by atoms with Crippen molar-refractivity contribution in [1.82, 2.24) is 5.06 Å². The fourth-order valence-electron chi connectivity index (χ4n) is 4.05. The third-order valence-electron chi connectivity index (χ3n) is 5.21. The Hall–Kier alpha value is -2.42. The van der Waals surface area contributed by atoms with Crippen molar-refractivity contribution in [3.05, 3.63) is 48.0 Å². The van der Waals surface area contributed by atoms with Gasteiger partial charge in [-0.25, -0.2) is 9.59 Å². The Balaban J connectivity index is 2.00. The predicted octanol–water partition coefficient (Wildman–Crippen LogP) is 3.95. The number of rotatable bonds is 9. The van der Waals surface area contributed by atoms with E-state index in [0.717, 1.165) is 5.56 Å². The molecule has 0 amide bonds. The van der Waals surface area contributed by atoms with E-state index >= 15 is 0 Å². The first-order valence-electron chi connectivity index (χ1n) is 10.7. The number of hydrogen-bond donors (Lipinski definition) is 1. The van der Waals surface area contributed by atoms with Crippen LogP contribution in [0.2, 0.25) is 0 Å². The molecule has 1 N–H and O–H groups in total. The van der Waals surface area contributed by atoms with Crippen LogP contribution in [0.4, 0.5) is 4.79 Å². The number of benzene rings is 1. The molecule has 1 saturated heterocycles. The lowest BCUT2D eigenvalue weighted by Crippen LogP contribution is -2.61. The van der Waals surface area contributed by atoms with Crippen molar-refractivity contribution in [1.29, 1.82) is 0 Å². The van der Waals surface area contributed by atoms with Gasteiger partial charge in [0, 0.05) is 16.7 Å². The predicted molar refractivity (Wildman–Crippen MR) is 119 cm³/mol. The van der Waals surface area contributed by atoms with Gasteiger partial charge in [-0.1, -0.05) is 36.9 Å². The van der Waals surface area contributed by atoms with Gasteiger partial charge < -0.3 is 19.3 Å². The van der Waals surface area contributed by atoms with Crippen molar-refractivity contribution in [2.24, 2.45) is 0 Å². The Labute approximate surface area is 190 Å². The largest absolute Gasteiger partial charge is 0.508 e. The summed E-state index contributed by atoms with van der Waals surface area (Å²) < 4.78 is 15.1. The maximum Gasteiger partial charge on any atom is 0.508 e. The van der Waals surface area contributed by atoms with Crippen molar-refractivity contribution in [2.45, 2.75) is 70.7 Å². The Bertz CT molecular complexity index is 773. The van der Waals surface area contributed by atoms with Crippen molar-refractivity contribution in [3.8, 4) is 0 Å². The van der Waals surface area contributed by atoms with Crippen molar-refractivity contribution in [3.63, 3.8) is 0 Å². The zero-order valence-electron chi connectivity index (χ0n) is 19.6. The van der Waals surface area contributed by atoms with Gasteiger partial charge in [-0.3, -0.25) is 4.84 Å². The van der Waals surface area contributed by atoms with Gasteiger partial charge in [-0.2, -0.15) is 5.06 Å². The van der Waals surface area contributed by atoms with Gasteiger partial charge in [-0.05, 0) is 53.0 Å². The molecular formula is C24H35NO7. The van der Waals surface area contributed by atoms with E-state index in [1.54, 1.807) is 0 Å². The second-order valence-electron chi connectivity index (χ2n) is 9.31. The first kappa shape index (κ1) is 25.8. The van der Waals surface area contributed by atoms with Gasteiger partial charge in [0.2, 0.25) is 0 Å². The molecule has 1 heterocycles. The lowest BCUT2D eigenvalue weighted by molar-refractivity contribution is -0.320. The molecular weight excluding hydrogens is 414 g/mol. The smallest absolute Gasteiger partial charge is 0.459 e. The summed E-state index contributed by atoms with van der Waals surface area (Å²) >= 11 is 0. The Kier molecular flexibility index (Phi) is 8.83. The summed E-state index contributed by atoms with van der Waals surface area (Å²) in [5, 5.41) is 12.2. The van der Waals surface area contributed by atoms with Crippen LogP contribution >= 0.6 is 0 Å². The number of piperidine rings is 1. The Morgan fingerprint density at radius 3 is 2.19 bits per heavy atom. The maximum atomic E-state index is 12.0. The normalized spacial score (nSPS) is 19.1. The van der Waals surface area contributed by atoms with Crippen LogP contribution in [0.1, 0.15) is 59.1 Å². The van der Waals surface area contributed by atoms with Crippen LogP contribution < -0.4 is 0 Å². The molecule has 1 aliphatic heterocycles. The molecule has 0 radical (unpaired) electrons. The number of aliphatic hydroxyl groups is 1. The van der Waals surface area contributed by atoms with Crippen molar-refractivity contribution >= 4 is 12.1 Å². The summed E-state index contributed by atoms with van der Waals surface area (Å²) in [5.74, 6) is -0.545. The summed E-state index contributed by atoms with van der Waals surface area (Å²) in [6, 6.07) is 9.46. The fourth-order valence-corrected chi connectivity index (χ4v) is 4.05. The van der Waals surface area contributed by atoms with Gasteiger partial charge in [0.15, 0.2) is 0 Å². The van der Waals surface area contributed by atoms with Gasteiger partial charge >= 0.3 is 12.1 Å².